The molecule has 0 N–H and O–H groups in total. The average Bonchev–Trinajstić information content (AvgIpc) is 3.21. The second-order valence-electron chi connectivity index (χ2n) is 6.03. The zero-order valence-electron chi connectivity index (χ0n) is 16.1. The number of para-hydroxylation sites is 1. The number of halogens is 1. The molecule has 0 spiro atoms. The van der Waals surface area contributed by atoms with Gasteiger partial charge in [0.2, 0.25) is 11.7 Å². The van der Waals surface area contributed by atoms with Gasteiger partial charge in [-0.1, -0.05) is 28.9 Å². The first-order valence-electron chi connectivity index (χ1n) is 8.77. The van der Waals surface area contributed by atoms with E-state index in [2.05, 4.69) is 16.7 Å². The van der Waals surface area contributed by atoms with Crippen molar-refractivity contribution in [3.63, 3.8) is 0 Å². The van der Waals surface area contributed by atoms with Gasteiger partial charge in [-0.25, -0.2) is 0 Å². The zero-order chi connectivity index (χ0) is 20.8. The third-order valence-corrected chi connectivity index (χ3v) is 4.42. The summed E-state index contributed by atoms with van der Waals surface area (Å²) in [5, 5.41) is 4.60. The van der Waals surface area contributed by atoms with Crippen LogP contribution in [-0.4, -0.2) is 41.7 Å². The summed E-state index contributed by atoms with van der Waals surface area (Å²) < 4.78 is 16.0. The van der Waals surface area contributed by atoms with Crippen LogP contribution in [0, 0.1) is 0 Å². The molecule has 0 saturated heterocycles. The first kappa shape index (κ1) is 20.4. The van der Waals surface area contributed by atoms with E-state index in [0.29, 0.717) is 33.8 Å². The van der Waals surface area contributed by atoms with Crippen molar-refractivity contribution in [2.45, 2.75) is 6.54 Å². The lowest BCUT2D eigenvalue weighted by molar-refractivity contribution is 0.0741. The van der Waals surface area contributed by atoms with E-state index in [9.17, 15) is 4.79 Å². The Morgan fingerprint density at radius 1 is 1.21 bits per heavy atom. The highest BCUT2D eigenvalue weighted by molar-refractivity contribution is 6.30. The van der Waals surface area contributed by atoms with Crippen molar-refractivity contribution >= 4 is 17.5 Å². The SMILES string of the molecule is C=CCN(Cc1nc(-c2ccc(Cl)cc2)no1)C(=O)c1cccc(OC)c1OC. The highest BCUT2D eigenvalue weighted by atomic mass is 35.5. The first-order chi connectivity index (χ1) is 14.1. The maximum Gasteiger partial charge on any atom is 0.258 e. The molecule has 150 valence electrons. The summed E-state index contributed by atoms with van der Waals surface area (Å²) in [4.78, 5) is 19.1. The minimum Gasteiger partial charge on any atom is -0.493 e. The third-order valence-electron chi connectivity index (χ3n) is 4.17. The van der Waals surface area contributed by atoms with Gasteiger partial charge in [0.1, 0.15) is 6.54 Å². The minimum atomic E-state index is -0.271. The van der Waals surface area contributed by atoms with Gasteiger partial charge in [-0.3, -0.25) is 4.79 Å². The van der Waals surface area contributed by atoms with Gasteiger partial charge in [0.05, 0.1) is 19.8 Å². The van der Waals surface area contributed by atoms with E-state index in [1.807, 2.05) is 0 Å². The highest BCUT2D eigenvalue weighted by Gasteiger charge is 2.23. The molecule has 0 radical (unpaired) electrons. The summed E-state index contributed by atoms with van der Waals surface area (Å²) in [5.74, 6) is 1.28. The van der Waals surface area contributed by atoms with Crippen molar-refractivity contribution in [2.24, 2.45) is 0 Å². The number of carbonyl (C=O) groups is 1. The molecule has 0 atom stereocenters. The van der Waals surface area contributed by atoms with E-state index in [1.54, 1.807) is 48.5 Å². The Labute approximate surface area is 173 Å². The second kappa shape index (κ2) is 9.25. The Hall–Kier alpha value is -3.32. The van der Waals surface area contributed by atoms with Gasteiger partial charge in [0.25, 0.3) is 5.91 Å². The van der Waals surface area contributed by atoms with E-state index in [0.717, 1.165) is 5.56 Å². The van der Waals surface area contributed by atoms with Gasteiger partial charge in [0.15, 0.2) is 11.5 Å². The molecule has 0 bridgehead atoms. The fourth-order valence-corrected chi connectivity index (χ4v) is 2.93. The normalized spacial score (nSPS) is 10.4. The van der Waals surface area contributed by atoms with Crippen LogP contribution in [0.5, 0.6) is 11.5 Å². The number of benzene rings is 2. The van der Waals surface area contributed by atoms with E-state index >= 15 is 0 Å². The monoisotopic (exact) mass is 413 g/mol. The Bertz CT molecular complexity index is 1000. The molecule has 29 heavy (non-hydrogen) atoms. The van der Waals surface area contributed by atoms with E-state index < -0.39 is 0 Å². The van der Waals surface area contributed by atoms with Crippen LogP contribution in [0.1, 0.15) is 16.2 Å². The zero-order valence-corrected chi connectivity index (χ0v) is 16.8. The molecule has 0 aliphatic heterocycles. The van der Waals surface area contributed by atoms with Crippen molar-refractivity contribution < 1.29 is 18.8 Å². The molecule has 0 fully saturated rings. The molecule has 1 heterocycles. The second-order valence-corrected chi connectivity index (χ2v) is 6.47. The van der Waals surface area contributed by atoms with Crippen molar-refractivity contribution in [1.29, 1.82) is 0 Å². The lowest BCUT2D eigenvalue weighted by atomic mass is 10.1. The molecule has 0 aliphatic carbocycles. The van der Waals surface area contributed by atoms with Gasteiger partial charge in [-0.2, -0.15) is 4.98 Å². The van der Waals surface area contributed by atoms with Crippen molar-refractivity contribution in [2.75, 3.05) is 20.8 Å². The largest absolute Gasteiger partial charge is 0.493 e. The third kappa shape index (κ3) is 4.57. The Morgan fingerprint density at radius 3 is 2.62 bits per heavy atom. The maximum absolute atomic E-state index is 13.1. The highest BCUT2D eigenvalue weighted by Crippen LogP contribution is 2.31. The number of hydrogen-bond acceptors (Lipinski definition) is 6. The Kier molecular flexibility index (Phi) is 6.51. The topological polar surface area (TPSA) is 77.7 Å². The fraction of sp³-hybridized carbons (Fsp3) is 0.190. The molecule has 0 unspecified atom stereocenters. The first-order valence-corrected chi connectivity index (χ1v) is 9.14. The van der Waals surface area contributed by atoms with E-state index in [-0.39, 0.29) is 19.0 Å². The van der Waals surface area contributed by atoms with Crippen LogP contribution in [0.4, 0.5) is 0 Å². The molecule has 3 rings (SSSR count). The van der Waals surface area contributed by atoms with Gasteiger partial charge in [-0.15, -0.1) is 6.58 Å². The number of ether oxygens (including phenoxy) is 2. The quantitative estimate of drug-likeness (QED) is 0.514. The lowest BCUT2D eigenvalue weighted by Gasteiger charge is -2.21. The molecular weight excluding hydrogens is 394 g/mol. The number of carbonyl (C=O) groups excluding carboxylic acids is 1. The number of aromatic nitrogens is 2. The van der Waals surface area contributed by atoms with Gasteiger partial charge in [0, 0.05) is 17.1 Å². The summed E-state index contributed by atoms with van der Waals surface area (Å²) in [7, 11) is 3.01. The number of nitrogens with zero attached hydrogens (tertiary/aromatic N) is 3. The summed E-state index contributed by atoms with van der Waals surface area (Å²) in [6, 6.07) is 12.2. The van der Waals surface area contributed by atoms with Crippen LogP contribution < -0.4 is 9.47 Å². The summed E-state index contributed by atoms with van der Waals surface area (Å²) in [6.45, 7) is 4.13. The van der Waals surface area contributed by atoms with Gasteiger partial charge >= 0.3 is 0 Å². The predicted molar refractivity (Wildman–Crippen MR) is 109 cm³/mol. The van der Waals surface area contributed by atoms with Crippen LogP contribution in [0.2, 0.25) is 5.02 Å². The lowest BCUT2D eigenvalue weighted by Crippen LogP contribution is -2.31. The van der Waals surface area contributed by atoms with Crippen LogP contribution in [0.25, 0.3) is 11.4 Å². The molecule has 0 aliphatic rings. The molecule has 8 heteroatoms. The Morgan fingerprint density at radius 2 is 1.97 bits per heavy atom. The molecule has 1 aromatic heterocycles. The van der Waals surface area contributed by atoms with Crippen LogP contribution >= 0.6 is 11.6 Å². The number of hydrogen-bond donors (Lipinski definition) is 0. The van der Waals surface area contributed by atoms with Crippen molar-refractivity contribution in [3.05, 3.63) is 71.6 Å². The number of amides is 1. The summed E-state index contributed by atoms with van der Waals surface area (Å²) in [6.07, 6.45) is 1.63. The predicted octanol–water partition coefficient (Wildman–Crippen LogP) is 4.24. The summed E-state index contributed by atoms with van der Waals surface area (Å²) >= 11 is 5.91. The molecule has 3 aromatic rings. The van der Waals surface area contributed by atoms with Crippen molar-refractivity contribution in [1.82, 2.24) is 15.0 Å². The van der Waals surface area contributed by atoms with E-state index in [4.69, 9.17) is 25.6 Å². The molecule has 2 aromatic carbocycles. The smallest absolute Gasteiger partial charge is 0.258 e. The van der Waals surface area contributed by atoms with Crippen molar-refractivity contribution in [3.8, 4) is 22.9 Å². The number of methoxy groups -OCH3 is 2. The van der Waals surface area contributed by atoms with Crippen LogP contribution in [0.15, 0.2) is 59.6 Å². The van der Waals surface area contributed by atoms with Gasteiger partial charge in [-0.05, 0) is 36.4 Å². The maximum atomic E-state index is 13.1. The summed E-state index contributed by atoms with van der Waals surface area (Å²) in [5.41, 5.74) is 1.13. The Balaban J connectivity index is 1.85. The molecule has 7 nitrogen and oxygen atoms in total. The van der Waals surface area contributed by atoms with Crippen LogP contribution in [0.3, 0.4) is 0 Å². The number of rotatable bonds is 8. The van der Waals surface area contributed by atoms with Crippen LogP contribution in [-0.2, 0) is 6.54 Å². The minimum absolute atomic E-state index is 0.117. The average molecular weight is 414 g/mol. The fourth-order valence-electron chi connectivity index (χ4n) is 2.80. The van der Waals surface area contributed by atoms with E-state index in [1.165, 1.54) is 19.1 Å². The van der Waals surface area contributed by atoms with Gasteiger partial charge < -0.3 is 18.9 Å². The molecule has 1 amide bonds. The molecular formula is C21H20ClN3O4. The molecule has 0 saturated carbocycles. The standard InChI is InChI=1S/C21H20ClN3O4/c1-4-12-25(21(26)16-6-5-7-17(27-2)19(16)28-3)13-18-23-20(24-29-18)14-8-10-15(22)11-9-14/h4-11H,1,12-13H2,2-3H3.